The van der Waals surface area contributed by atoms with E-state index in [-0.39, 0.29) is 18.5 Å². The standard InChI is InChI=1S/C17H19N5OS/c1-3-13-6-8-14(9-7-13)12(2)18-16(23)11-22-20-17(19-21-22)15-5-4-10-24-15/h4-10,12H,3,11H2,1-2H3,(H,18,23). The minimum atomic E-state index is -0.141. The number of rotatable bonds is 6. The van der Waals surface area contributed by atoms with E-state index in [2.05, 4.69) is 39.8 Å². The number of hydrogen-bond acceptors (Lipinski definition) is 5. The SMILES string of the molecule is CCc1ccc(C(C)NC(=O)Cn2nnc(-c3cccs3)n2)cc1. The number of nitrogens with zero attached hydrogens (tertiary/aromatic N) is 4. The minimum Gasteiger partial charge on any atom is -0.348 e. The van der Waals surface area contributed by atoms with Gasteiger partial charge in [-0.2, -0.15) is 4.80 Å². The van der Waals surface area contributed by atoms with Crippen LogP contribution in [0.2, 0.25) is 0 Å². The second-order valence-electron chi connectivity index (χ2n) is 5.51. The number of thiophene rings is 1. The third kappa shape index (κ3) is 3.86. The zero-order valence-electron chi connectivity index (χ0n) is 13.6. The van der Waals surface area contributed by atoms with E-state index in [0.717, 1.165) is 16.9 Å². The number of carbonyl (C=O) groups excluding carboxylic acids is 1. The van der Waals surface area contributed by atoms with Gasteiger partial charge < -0.3 is 5.32 Å². The van der Waals surface area contributed by atoms with Crippen LogP contribution in [0.15, 0.2) is 41.8 Å². The molecule has 24 heavy (non-hydrogen) atoms. The lowest BCUT2D eigenvalue weighted by Crippen LogP contribution is -2.30. The third-order valence-electron chi connectivity index (χ3n) is 3.74. The number of hydrogen-bond donors (Lipinski definition) is 1. The normalized spacial score (nSPS) is 12.1. The van der Waals surface area contributed by atoms with Crippen LogP contribution in [0.25, 0.3) is 10.7 Å². The van der Waals surface area contributed by atoms with Gasteiger partial charge in [-0.1, -0.05) is 37.3 Å². The largest absolute Gasteiger partial charge is 0.348 e. The highest BCUT2D eigenvalue weighted by atomic mass is 32.1. The van der Waals surface area contributed by atoms with E-state index < -0.39 is 0 Å². The molecule has 1 unspecified atom stereocenters. The Morgan fingerprint density at radius 3 is 2.75 bits per heavy atom. The maximum Gasteiger partial charge on any atom is 0.244 e. The Labute approximate surface area is 144 Å². The number of nitrogens with one attached hydrogen (secondary N) is 1. The maximum absolute atomic E-state index is 12.2. The van der Waals surface area contributed by atoms with Gasteiger partial charge in [0.25, 0.3) is 0 Å². The number of benzene rings is 1. The fourth-order valence-corrected chi connectivity index (χ4v) is 3.00. The third-order valence-corrected chi connectivity index (χ3v) is 4.61. The number of carbonyl (C=O) groups is 1. The monoisotopic (exact) mass is 341 g/mol. The van der Waals surface area contributed by atoms with Gasteiger partial charge in [-0.3, -0.25) is 4.79 Å². The Morgan fingerprint density at radius 1 is 1.29 bits per heavy atom. The molecule has 2 aromatic heterocycles. The molecule has 0 aliphatic carbocycles. The number of aryl methyl sites for hydroxylation is 1. The van der Waals surface area contributed by atoms with E-state index in [0.29, 0.717) is 5.82 Å². The quantitative estimate of drug-likeness (QED) is 0.748. The van der Waals surface area contributed by atoms with E-state index in [1.54, 1.807) is 11.3 Å². The summed E-state index contributed by atoms with van der Waals surface area (Å²) >= 11 is 1.54. The smallest absolute Gasteiger partial charge is 0.244 e. The Balaban J connectivity index is 1.58. The van der Waals surface area contributed by atoms with Crippen LogP contribution >= 0.6 is 11.3 Å². The van der Waals surface area contributed by atoms with Crippen LogP contribution < -0.4 is 5.32 Å². The molecular weight excluding hydrogens is 322 g/mol. The Kier molecular flexibility index (Phi) is 5.00. The molecule has 0 saturated heterocycles. The van der Waals surface area contributed by atoms with Gasteiger partial charge in [0, 0.05) is 0 Å². The fraction of sp³-hybridized carbons (Fsp3) is 0.294. The van der Waals surface area contributed by atoms with Crippen molar-refractivity contribution in [1.82, 2.24) is 25.5 Å². The lowest BCUT2D eigenvalue weighted by molar-refractivity contribution is -0.122. The fourth-order valence-electron chi connectivity index (χ4n) is 2.36. The summed E-state index contributed by atoms with van der Waals surface area (Å²) in [5.41, 5.74) is 2.36. The molecule has 124 valence electrons. The van der Waals surface area contributed by atoms with E-state index >= 15 is 0 Å². The summed E-state index contributed by atoms with van der Waals surface area (Å²) in [6, 6.07) is 12.1. The molecular formula is C17H19N5OS. The van der Waals surface area contributed by atoms with Gasteiger partial charge in [-0.25, -0.2) is 0 Å². The molecule has 1 atom stereocenters. The molecule has 0 radical (unpaired) electrons. The summed E-state index contributed by atoms with van der Waals surface area (Å²) in [6.07, 6.45) is 1.01. The Hall–Kier alpha value is -2.54. The first-order valence-electron chi connectivity index (χ1n) is 7.85. The predicted molar refractivity (Wildman–Crippen MR) is 93.5 cm³/mol. The second kappa shape index (κ2) is 7.35. The molecule has 1 aromatic carbocycles. The average Bonchev–Trinajstić information content (AvgIpc) is 3.26. The summed E-state index contributed by atoms with van der Waals surface area (Å²) < 4.78 is 0. The van der Waals surface area contributed by atoms with Crippen molar-refractivity contribution in [1.29, 1.82) is 0 Å². The Bertz CT molecular complexity index is 795. The van der Waals surface area contributed by atoms with E-state index in [4.69, 9.17) is 0 Å². The van der Waals surface area contributed by atoms with E-state index in [9.17, 15) is 4.79 Å². The zero-order chi connectivity index (χ0) is 16.9. The average molecular weight is 341 g/mol. The van der Waals surface area contributed by atoms with Crippen LogP contribution in [0.1, 0.15) is 31.0 Å². The van der Waals surface area contributed by atoms with Crippen LogP contribution in [-0.2, 0) is 17.8 Å². The van der Waals surface area contributed by atoms with Crippen molar-refractivity contribution in [2.75, 3.05) is 0 Å². The molecule has 0 aliphatic heterocycles. The molecule has 3 rings (SSSR count). The number of tetrazole rings is 1. The van der Waals surface area contributed by atoms with Crippen molar-refractivity contribution in [2.24, 2.45) is 0 Å². The van der Waals surface area contributed by atoms with Gasteiger partial charge in [-0.05, 0) is 41.1 Å². The molecule has 2 heterocycles. The zero-order valence-corrected chi connectivity index (χ0v) is 14.5. The minimum absolute atomic E-state index is 0.0513. The molecule has 0 saturated carbocycles. The van der Waals surface area contributed by atoms with Gasteiger partial charge in [0.2, 0.25) is 11.7 Å². The molecule has 0 bridgehead atoms. The van der Waals surface area contributed by atoms with E-state index in [1.165, 1.54) is 10.4 Å². The lowest BCUT2D eigenvalue weighted by atomic mass is 10.1. The van der Waals surface area contributed by atoms with Crippen LogP contribution in [-0.4, -0.2) is 26.1 Å². The molecule has 6 nitrogen and oxygen atoms in total. The van der Waals surface area contributed by atoms with Crippen LogP contribution in [0.5, 0.6) is 0 Å². The topological polar surface area (TPSA) is 72.7 Å². The summed E-state index contributed by atoms with van der Waals surface area (Å²) in [4.78, 5) is 14.4. The van der Waals surface area contributed by atoms with Gasteiger partial charge in [0.05, 0.1) is 10.9 Å². The number of amides is 1. The van der Waals surface area contributed by atoms with Gasteiger partial charge in [0.1, 0.15) is 6.54 Å². The highest BCUT2D eigenvalue weighted by Gasteiger charge is 2.13. The summed E-state index contributed by atoms with van der Waals surface area (Å²) in [7, 11) is 0. The van der Waals surface area contributed by atoms with Gasteiger partial charge in [-0.15, -0.1) is 21.5 Å². The van der Waals surface area contributed by atoms with Crippen molar-refractivity contribution in [3.05, 3.63) is 52.9 Å². The maximum atomic E-state index is 12.2. The second-order valence-corrected chi connectivity index (χ2v) is 6.45. The summed E-state index contributed by atoms with van der Waals surface area (Å²) in [6.45, 7) is 4.14. The van der Waals surface area contributed by atoms with Crippen LogP contribution in [0.4, 0.5) is 0 Å². The number of aromatic nitrogens is 4. The highest BCUT2D eigenvalue weighted by Crippen LogP contribution is 2.19. The summed E-state index contributed by atoms with van der Waals surface area (Å²) in [5.74, 6) is 0.401. The van der Waals surface area contributed by atoms with Gasteiger partial charge >= 0.3 is 0 Å². The first-order valence-corrected chi connectivity index (χ1v) is 8.73. The lowest BCUT2D eigenvalue weighted by Gasteiger charge is -2.14. The molecule has 1 amide bonds. The molecule has 1 N–H and O–H groups in total. The van der Waals surface area contributed by atoms with Crippen LogP contribution in [0, 0.1) is 0 Å². The van der Waals surface area contributed by atoms with Gasteiger partial charge in [0.15, 0.2) is 0 Å². The van der Waals surface area contributed by atoms with Crippen molar-refractivity contribution in [3.8, 4) is 10.7 Å². The Morgan fingerprint density at radius 2 is 2.08 bits per heavy atom. The summed E-state index contributed by atoms with van der Waals surface area (Å²) in [5, 5.41) is 17.1. The van der Waals surface area contributed by atoms with E-state index in [1.807, 2.05) is 36.6 Å². The predicted octanol–water partition coefficient (Wildman–Crippen LogP) is 2.84. The van der Waals surface area contributed by atoms with Crippen molar-refractivity contribution >= 4 is 17.2 Å². The van der Waals surface area contributed by atoms with Crippen molar-refractivity contribution < 1.29 is 4.79 Å². The molecule has 0 aliphatic rings. The van der Waals surface area contributed by atoms with Crippen LogP contribution in [0.3, 0.4) is 0 Å². The highest BCUT2D eigenvalue weighted by molar-refractivity contribution is 7.13. The molecule has 0 spiro atoms. The molecule has 7 heteroatoms. The first kappa shape index (κ1) is 16.3. The molecule has 3 aromatic rings. The first-order chi connectivity index (χ1) is 11.7. The van der Waals surface area contributed by atoms with Crippen molar-refractivity contribution in [3.63, 3.8) is 0 Å². The molecule has 0 fully saturated rings. The van der Waals surface area contributed by atoms with Crippen molar-refractivity contribution in [2.45, 2.75) is 32.9 Å².